The van der Waals surface area contributed by atoms with Crippen LogP contribution in [0, 0.1) is 0 Å². The van der Waals surface area contributed by atoms with Crippen molar-refractivity contribution in [1.82, 2.24) is 10.3 Å². The normalized spacial score (nSPS) is 11.3. The van der Waals surface area contributed by atoms with Gasteiger partial charge in [-0.1, -0.05) is 24.3 Å². The third-order valence-electron chi connectivity index (χ3n) is 4.15. The third-order valence-corrected chi connectivity index (χ3v) is 4.15. The third kappa shape index (κ3) is 5.76. The molecule has 28 heavy (non-hydrogen) atoms. The number of nitrogens with zero attached hydrogens (tertiary/aromatic N) is 1. The van der Waals surface area contributed by atoms with E-state index in [2.05, 4.69) is 28.5 Å². The maximum atomic E-state index is 5.86. The lowest BCUT2D eigenvalue weighted by molar-refractivity contribution is 0.174. The fraction of sp³-hybridized carbons (Fsp3) is 0.190. The SMILES string of the molecule is Cl.Cl.c1cncc(CNCc2ccc(OCc3ccc4c(c3)OCO4)cc2)c1. The van der Waals surface area contributed by atoms with Gasteiger partial charge in [-0.25, -0.2) is 0 Å². The number of fused-ring (bicyclic) bond motifs is 1. The molecular weight excluding hydrogens is 399 g/mol. The summed E-state index contributed by atoms with van der Waals surface area (Å²) in [6.07, 6.45) is 3.66. The van der Waals surface area contributed by atoms with Crippen molar-refractivity contribution in [3.8, 4) is 17.2 Å². The summed E-state index contributed by atoms with van der Waals surface area (Å²) in [5.41, 5.74) is 3.44. The lowest BCUT2D eigenvalue weighted by Crippen LogP contribution is -2.12. The summed E-state index contributed by atoms with van der Waals surface area (Å²) >= 11 is 0. The van der Waals surface area contributed by atoms with Crippen molar-refractivity contribution in [2.45, 2.75) is 19.7 Å². The van der Waals surface area contributed by atoms with Gasteiger partial charge >= 0.3 is 0 Å². The highest BCUT2D eigenvalue weighted by molar-refractivity contribution is 5.85. The van der Waals surface area contributed by atoms with E-state index in [0.717, 1.165) is 35.9 Å². The molecule has 0 spiro atoms. The van der Waals surface area contributed by atoms with Gasteiger partial charge in [-0.15, -0.1) is 24.8 Å². The van der Waals surface area contributed by atoms with E-state index in [-0.39, 0.29) is 31.6 Å². The maximum absolute atomic E-state index is 5.86. The first kappa shape index (κ1) is 21.8. The molecule has 1 aliphatic rings. The maximum Gasteiger partial charge on any atom is 0.231 e. The van der Waals surface area contributed by atoms with Crippen LogP contribution in [-0.4, -0.2) is 11.8 Å². The van der Waals surface area contributed by atoms with Crippen molar-refractivity contribution in [3.05, 3.63) is 83.7 Å². The van der Waals surface area contributed by atoms with E-state index in [1.54, 1.807) is 6.20 Å². The minimum absolute atomic E-state index is 0. The first-order chi connectivity index (χ1) is 12.9. The van der Waals surface area contributed by atoms with Crippen LogP contribution in [0.4, 0.5) is 0 Å². The number of rotatable bonds is 7. The summed E-state index contributed by atoms with van der Waals surface area (Å²) in [4.78, 5) is 4.12. The monoisotopic (exact) mass is 420 g/mol. The predicted octanol–water partition coefficient (Wildman–Crippen LogP) is 4.52. The van der Waals surface area contributed by atoms with Crippen LogP contribution >= 0.6 is 24.8 Å². The summed E-state index contributed by atoms with van der Waals surface area (Å²) in [6.45, 7) is 2.39. The van der Waals surface area contributed by atoms with Crippen LogP contribution < -0.4 is 19.5 Å². The van der Waals surface area contributed by atoms with Crippen molar-refractivity contribution in [1.29, 1.82) is 0 Å². The van der Waals surface area contributed by atoms with Gasteiger partial charge in [0, 0.05) is 25.5 Å². The van der Waals surface area contributed by atoms with Gasteiger partial charge in [0.1, 0.15) is 12.4 Å². The summed E-state index contributed by atoms with van der Waals surface area (Å²) < 4.78 is 16.6. The summed E-state index contributed by atoms with van der Waals surface area (Å²) in [5.74, 6) is 2.41. The lowest BCUT2D eigenvalue weighted by Gasteiger charge is -2.09. The predicted molar refractivity (Wildman–Crippen MR) is 113 cm³/mol. The zero-order chi connectivity index (χ0) is 17.6. The number of pyridine rings is 1. The largest absolute Gasteiger partial charge is 0.489 e. The number of hydrogen-bond acceptors (Lipinski definition) is 5. The van der Waals surface area contributed by atoms with Gasteiger partial charge in [0.2, 0.25) is 6.79 Å². The Kier molecular flexibility index (Phi) is 8.39. The molecule has 7 heteroatoms. The lowest BCUT2D eigenvalue weighted by atomic mass is 10.2. The van der Waals surface area contributed by atoms with Crippen LogP contribution in [0.5, 0.6) is 17.2 Å². The molecule has 1 aliphatic heterocycles. The Labute approximate surface area is 176 Å². The number of halogens is 2. The average Bonchev–Trinajstić information content (AvgIpc) is 3.16. The van der Waals surface area contributed by atoms with Crippen molar-refractivity contribution < 1.29 is 14.2 Å². The van der Waals surface area contributed by atoms with Crippen molar-refractivity contribution in [2.24, 2.45) is 0 Å². The average molecular weight is 421 g/mol. The Balaban J connectivity index is 0.00000140. The highest BCUT2D eigenvalue weighted by Crippen LogP contribution is 2.32. The molecule has 0 saturated heterocycles. The van der Waals surface area contributed by atoms with E-state index in [9.17, 15) is 0 Å². The molecule has 0 amide bonds. The zero-order valence-electron chi connectivity index (χ0n) is 15.2. The fourth-order valence-corrected chi connectivity index (χ4v) is 2.75. The number of hydrogen-bond donors (Lipinski definition) is 1. The second-order valence-electron chi connectivity index (χ2n) is 6.09. The van der Waals surface area contributed by atoms with Gasteiger partial charge in [-0.2, -0.15) is 0 Å². The van der Waals surface area contributed by atoms with Gasteiger partial charge in [0.25, 0.3) is 0 Å². The second kappa shape index (κ2) is 10.8. The van der Waals surface area contributed by atoms with Gasteiger partial charge in [-0.3, -0.25) is 4.98 Å². The molecule has 0 aliphatic carbocycles. The standard InChI is InChI=1S/C21H20N2O3.2ClH/c1-2-18(12-22-9-1)13-23-11-16-3-6-19(7-4-16)24-14-17-5-8-20-21(10-17)26-15-25-20;;/h1-10,12,23H,11,13-15H2;2*1H. The van der Waals surface area contributed by atoms with Gasteiger partial charge in [0.05, 0.1) is 0 Å². The molecule has 2 heterocycles. The minimum atomic E-state index is 0. The quantitative estimate of drug-likeness (QED) is 0.608. The van der Waals surface area contributed by atoms with E-state index in [1.807, 2.05) is 42.6 Å². The molecule has 5 nitrogen and oxygen atoms in total. The molecule has 2 aromatic carbocycles. The molecule has 4 rings (SSSR count). The molecule has 0 unspecified atom stereocenters. The molecule has 0 bridgehead atoms. The highest BCUT2D eigenvalue weighted by Gasteiger charge is 2.13. The Morgan fingerprint density at radius 1 is 0.857 bits per heavy atom. The first-order valence-electron chi connectivity index (χ1n) is 8.57. The molecule has 0 atom stereocenters. The molecule has 1 aromatic heterocycles. The Bertz CT molecular complexity index is 861. The van der Waals surface area contributed by atoms with Crippen LogP contribution in [-0.2, 0) is 19.7 Å². The number of aromatic nitrogens is 1. The van der Waals surface area contributed by atoms with Crippen molar-refractivity contribution in [3.63, 3.8) is 0 Å². The van der Waals surface area contributed by atoms with Crippen LogP contribution in [0.25, 0.3) is 0 Å². The Morgan fingerprint density at radius 3 is 2.39 bits per heavy atom. The van der Waals surface area contributed by atoms with Crippen LogP contribution in [0.3, 0.4) is 0 Å². The van der Waals surface area contributed by atoms with Crippen LogP contribution in [0.1, 0.15) is 16.7 Å². The van der Waals surface area contributed by atoms with E-state index >= 15 is 0 Å². The Hall–Kier alpha value is -2.47. The smallest absolute Gasteiger partial charge is 0.231 e. The Morgan fingerprint density at radius 2 is 1.61 bits per heavy atom. The number of nitrogens with one attached hydrogen (secondary N) is 1. The van der Waals surface area contributed by atoms with E-state index in [1.165, 1.54) is 11.1 Å². The number of benzene rings is 2. The zero-order valence-corrected chi connectivity index (χ0v) is 16.8. The fourth-order valence-electron chi connectivity index (χ4n) is 2.75. The molecule has 0 radical (unpaired) electrons. The van der Waals surface area contributed by atoms with Crippen LogP contribution in [0.2, 0.25) is 0 Å². The molecule has 148 valence electrons. The molecule has 0 fully saturated rings. The molecular formula is C21H22Cl2N2O3. The van der Waals surface area contributed by atoms with Crippen molar-refractivity contribution >= 4 is 24.8 Å². The van der Waals surface area contributed by atoms with E-state index < -0.39 is 0 Å². The minimum Gasteiger partial charge on any atom is -0.489 e. The summed E-state index contributed by atoms with van der Waals surface area (Å²) in [5, 5.41) is 3.41. The van der Waals surface area contributed by atoms with Gasteiger partial charge in [0.15, 0.2) is 11.5 Å². The molecule has 1 N–H and O–H groups in total. The molecule has 3 aromatic rings. The first-order valence-corrected chi connectivity index (χ1v) is 8.57. The van der Waals surface area contributed by atoms with E-state index in [4.69, 9.17) is 14.2 Å². The van der Waals surface area contributed by atoms with Gasteiger partial charge in [-0.05, 0) is 47.0 Å². The molecule has 0 saturated carbocycles. The summed E-state index contributed by atoms with van der Waals surface area (Å²) in [7, 11) is 0. The van der Waals surface area contributed by atoms with Gasteiger partial charge < -0.3 is 19.5 Å². The van der Waals surface area contributed by atoms with Crippen LogP contribution in [0.15, 0.2) is 67.0 Å². The summed E-state index contributed by atoms with van der Waals surface area (Å²) in [6, 6.07) is 18.0. The second-order valence-corrected chi connectivity index (χ2v) is 6.09. The topological polar surface area (TPSA) is 52.6 Å². The van der Waals surface area contributed by atoms with Crippen molar-refractivity contribution in [2.75, 3.05) is 6.79 Å². The number of ether oxygens (including phenoxy) is 3. The highest BCUT2D eigenvalue weighted by atomic mass is 35.5. The van der Waals surface area contributed by atoms with E-state index in [0.29, 0.717) is 6.61 Å².